The fourth-order valence-corrected chi connectivity index (χ4v) is 3.80. The van der Waals surface area contributed by atoms with Gasteiger partial charge in [0.15, 0.2) is 0 Å². The Morgan fingerprint density at radius 2 is 1.76 bits per heavy atom. The van der Waals surface area contributed by atoms with Crippen molar-refractivity contribution in [2.75, 3.05) is 19.8 Å². The third-order valence-electron chi connectivity index (χ3n) is 4.43. The van der Waals surface area contributed by atoms with Gasteiger partial charge in [-0.1, -0.05) is 36.4 Å². The average Bonchev–Trinajstić information content (AvgIpc) is 3.24. The molecule has 0 saturated carbocycles. The maximum Gasteiger partial charge on any atom is 0.252 e. The van der Waals surface area contributed by atoms with E-state index >= 15 is 0 Å². The van der Waals surface area contributed by atoms with Crippen LogP contribution in [-0.4, -0.2) is 46.3 Å². The van der Waals surface area contributed by atoms with Gasteiger partial charge in [-0.3, -0.25) is 14.3 Å². The Kier molecular flexibility index (Phi) is 7.08. The summed E-state index contributed by atoms with van der Waals surface area (Å²) in [6, 6.07) is 17.2. The van der Waals surface area contributed by atoms with Crippen molar-refractivity contribution in [2.24, 2.45) is 0 Å². The zero-order valence-corrected chi connectivity index (χ0v) is 17.4. The number of rotatable bonds is 8. The van der Waals surface area contributed by atoms with Crippen LogP contribution in [-0.2, 0) is 17.9 Å². The van der Waals surface area contributed by atoms with Crippen LogP contribution in [0.2, 0.25) is 0 Å². The van der Waals surface area contributed by atoms with E-state index in [1.54, 1.807) is 31.3 Å². The Balaban J connectivity index is 1.67. The van der Waals surface area contributed by atoms with Gasteiger partial charge in [0.05, 0.1) is 17.9 Å². The molecule has 0 bridgehead atoms. The topological polar surface area (TPSA) is 67.2 Å². The van der Waals surface area contributed by atoms with Gasteiger partial charge >= 0.3 is 0 Å². The summed E-state index contributed by atoms with van der Waals surface area (Å²) in [5.41, 5.74) is 2.73. The van der Waals surface area contributed by atoms with Gasteiger partial charge in [-0.25, -0.2) is 0 Å². The number of nitrogens with zero attached hydrogens (tertiary/aromatic N) is 3. The molecule has 2 amide bonds. The van der Waals surface area contributed by atoms with Crippen molar-refractivity contribution in [3.05, 3.63) is 83.7 Å². The number of carbonyl (C=O) groups is 2. The summed E-state index contributed by atoms with van der Waals surface area (Å²) in [6.07, 6.45) is 3.66. The minimum Gasteiger partial charge on any atom is -0.348 e. The van der Waals surface area contributed by atoms with Crippen LogP contribution in [0.1, 0.15) is 21.5 Å². The molecule has 0 saturated heterocycles. The van der Waals surface area contributed by atoms with Gasteiger partial charge in [-0.15, -0.1) is 11.8 Å². The Morgan fingerprint density at radius 1 is 1.03 bits per heavy atom. The minimum absolute atomic E-state index is 0.0118. The Hall–Kier alpha value is -3.06. The summed E-state index contributed by atoms with van der Waals surface area (Å²) in [6.45, 7) is 1.07. The van der Waals surface area contributed by atoms with Crippen LogP contribution in [0.3, 0.4) is 0 Å². The van der Waals surface area contributed by atoms with Crippen molar-refractivity contribution in [1.82, 2.24) is 20.0 Å². The molecule has 2 aromatic carbocycles. The highest BCUT2D eigenvalue weighted by molar-refractivity contribution is 8.00. The van der Waals surface area contributed by atoms with E-state index in [1.165, 1.54) is 11.8 Å². The molecular weight excluding hydrogens is 384 g/mol. The Morgan fingerprint density at radius 3 is 2.48 bits per heavy atom. The van der Waals surface area contributed by atoms with Crippen molar-refractivity contribution >= 4 is 23.6 Å². The maximum absolute atomic E-state index is 12.8. The number of amides is 2. The molecule has 0 aliphatic carbocycles. The lowest BCUT2D eigenvalue weighted by Crippen LogP contribution is -2.25. The van der Waals surface area contributed by atoms with Gasteiger partial charge in [0.25, 0.3) is 5.91 Å². The largest absolute Gasteiger partial charge is 0.348 e. The highest BCUT2D eigenvalue weighted by Crippen LogP contribution is 2.23. The molecule has 3 rings (SSSR count). The number of hydrogen-bond acceptors (Lipinski definition) is 4. The molecule has 0 aliphatic heterocycles. The molecule has 0 unspecified atom stereocenters. The summed E-state index contributed by atoms with van der Waals surface area (Å²) in [4.78, 5) is 27.0. The van der Waals surface area contributed by atoms with Gasteiger partial charge in [0, 0.05) is 37.9 Å². The second-order valence-corrected chi connectivity index (χ2v) is 7.75. The van der Waals surface area contributed by atoms with Gasteiger partial charge in [0.1, 0.15) is 0 Å². The predicted molar refractivity (Wildman–Crippen MR) is 115 cm³/mol. The lowest BCUT2D eigenvalue weighted by atomic mass is 10.1. The van der Waals surface area contributed by atoms with E-state index in [-0.39, 0.29) is 11.8 Å². The number of hydrogen-bond donors (Lipinski definition) is 1. The molecule has 0 spiro atoms. The van der Waals surface area contributed by atoms with E-state index in [0.29, 0.717) is 24.4 Å². The molecule has 0 radical (unpaired) electrons. The first-order chi connectivity index (χ1) is 14.0. The molecule has 150 valence electrons. The van der Waals surface area contributed by atoms with E-state index in [1.807, 2.05) is 59.4 Å². The summed E-state index contributed by atoms with van der Waals surface area (Å²) in [5, 5.41) is 7.26. The van der Waals surface area contributed by atoms with Gasteiger partial charge in [-0.2, -0.15) is 5.10 Å². The third-order valence-corrected chi connectivity index (χ3v) is 5.49. The van der Waals surface area contributed by atoms with Crippen molar-refractivity contribution in [1.29, 1.82) is 0 Å². The standard InChI is InChI=1S/C22H24N4O2S/c1-25(2)21(27)16-29-20-11-6-5-10-19(20)22(28)23-14-17-8-3-4-9-18(17)15-26-13-7-12-24-26/h3-13H,14-16H2,1-2H3,(H,23,28). The molecule has 7 heteroatoms. The zero-order chi connectivity index (χ0) is 20.6. The van der Waals surface area contributed by atoms with E-state index in [9.17, 15) is 9.59 Å². The van der Waals surface area contributed by atoms with E-state index in [4.69, 9.17) is 0 Å². The first-order valence-electron chi connectivity index (χ1n) is 9.29. The van der Waals surface area contributed by atoms with Crippen LogP contribution in [0.25, 0.3) is 0 Å². The van der Waals surface area contributed by atoms with E-state index in [0.717, 1.165) is 16.0 Å². The van der Waals surface area contributed by atoms with Crippen LogP contribution in [0.5, 0.6) is 0 Å². The lowest BCUT2D eigenvalue weighted by molar-refractivity contribution is -0.125. The second-order valence-electron chi connectivity index (χ2n) is 6.73. The molecule has 0 fully saturated rings. The Bertz CT molecular complexity index is 970. The van der Waals surface area contributed by atoms with Crippen LogP contribution in [0.4, 0.5) is 0 Å². The van der Waals surface area contributed by atoms with Gasteiger partial charge < -0.3 is 10.2 Å². The van der Waals surface area contributed by atoms with Crippen molar-refractivity contribution < 1.29 is 9.59 Å². The number of nitrogens with one attached hydrogen (secondary N) is 1. The first-order valence-corrected chi connectivity index (χ1v) is 10.3. The number of aromatic nitrogens is 2. The SMILES string of the molecule is CN(C)C(=O)CSc1ccccc1C(=O)NCc1ccccc1Cn1cccn1. The molecule has 3 aromatic rings. The van der Waals surface area contributed by atoms with E-state index in [2.05, 4.69) is 10.4 Å². The fourth-order valence-electron chi connectivity index (χ4n) is 2.77. The molecule has 6 nitrogen and oxygen atoms in total. The van der Waals surface area contributed by atoms with Gasteiger partial charge in [-0.05, 0) is 29.3 Å². The smallest absolute Gasteiger partial charge is 0.252 e. The molecule has 1 heterocycles. The Labute approximate surface area is 174 Å². The number of benzene rings is 2. The quantitative estimate of drug-likeness (QED) is 0.582. The minimum atomic E-state index is -0.153. The third kappa shape index (κ3) is 5.71. The number of carbonyl (C=O) groups excluding carboxylic acids is 2. The molecule has 1 aromatic heterocycles. The molecule has 1 N–H and O–H groups in total. The molecular formula is C22H24N4O2S. The summed E-state index contributed by atoms with van der Waals surface area (Å²) in [5.74, 6) is 0.154. The summed E-state index contributed by atoms with van der Waals surface area (Å²) >= 11 is 1.38. The van der Waals surface area contributed by atoms with E-state index < -0.39 is 0 Å². The van der Waals surface area contributed by atoms with Crippen LogP contribution in [0, 0.1) is 0 Å². The van der Waals surface area contributed by atoms with Crippen molar-refractivity contribution in [3.63, 3.8) is 0 Å². The normalized spacial score (nSPS) is 10.6. The van der Waals surface area contributed by atoms with Crippen molar-refractivity contribution in [2.45, 2.75) is 18.0 Å². The highest BCUT2D eigenvalue weighted by Gasteiger charge is 2.14. The van der Waals surface area contributed by atoms with Crippen LogP contribution < -0.4 is 5.32 Å². The zero-order valence-electron chi connectivity index (χ0n) is 16.5. The highest BCUT2D eigenvalue weighted by atomic mass is 32.2. The summed E-state index contributed by atoms with van der Waals surface area (Å²) < 4.78 is 1.86. The fraction of sp³-hybridized carbons (Fsp3) is 0.227. The average molecular weight is 409 g/mol. The molecule has 29 heavy (non-hydrogen) atoms. The van der Waals surface area contributed by atoms with Crippen LogP contribution in [0.15, 0.2) is 71.9 Å². The maximum atomic E-state index is 12.8. The molecule has 0 atom stereocenters. The number of thioether (sulfide) groups is 1. The first kappa shape index (κ1) is 20.7. The predicted octanol–water partition coefficient (Wildman–Crippen LogP) is 3.04. The lowest BCUT2D eigenvalue weighted by Gasteiger charge is -2.13. The summed E-state index contributed by atoms with van der Waals surface area (Å²) in [7, 11) is 3.45. The molecule has 0 aliphatic rings. The monoisotopic (exact) mass is 408 g/mol. The second kappa shape index (κ2) is 9.93. The van der Waals surface area contributed by atoms with Crippen molar-refractivity contribution in [3.8, 4) is 0 Å². The van der Waals surface area contributed by atoms with Gasteiger partial charge in [0.2, 0.25) is 5.91 Å². The van der Waals surface area contributed by atoms with Crippen LogP contribution >= 0.6 is 11.8 Å².